The van der Waals surface area contributed by atoms with Crippen LogP contribution in [0.2, 0.25) is 0 Å². The number of ether oxygens (including phenoxy) is 2. The number of aromatic nitrogens is 1. The van der Waals surface area contributed by atoms with E-state index < -0.39 is 17.7 Å². The van der Waals surface area contributed by atoms with E-state index in [2.05, 4.69) is 4.98 Å². The Kier molecular flexibility index (Phi) is 5.52. The summed E-state index contributed by atoms with van der Waals surface area (Å²) in [6.45, 7) is 0.497. The third-order valence-electron chi connectivity index (χ3n) is 4.44. The highest BCUT2D eigenvalue weighted by Gasteiger charge is 2.45. The maximum atomic E-state index is 12.7. The van der Waals surface area contributed by atoms with Gasteiger partial charge in [0.15, 0.2) is 0 Å². The number of ketones is 1. The van der Waals surface area contributed by atoms with Crippen molar-refractivity contribution in [3.05, 3.63) is 65.5 Å². The van der Waals surface area contributed by atoms with Gasteiger partial charge in [0.2, 0.25) is 0 Å². The highest BCUT2D eigenvalue weighted by molar-refractivity contribution is 6.46. The molecule has 2 heterocycles. The van der Waals surface area contributed by atoms with Crippen molar-refractivity contribution < 1.29 is 24.2 Å². The van der Waals surface area contributed by atoms with E-state index in [1.807, 2.05) is 0 Å². The van der Waals surface area contributed by atoms with Crippen LogP contribution >= 0.6 is 0 Å². The van der Waals surface area contributed by atoms with E-state index in [1.54, 1.807) is 48.8 Å². The van der Waals surface area contributed by atoms with Crippen molar-refractivity contribution >= 4 is 17.4 Å². The molecule has 27 heavy (non-hydrogen) atoms. The number of hydrogen-bond acceptors (Lipinski definition) is 6. The third kappa shape index (κ3) is 3.54. The Balaban J connectivity index is 2.15. The third-order valence-corrected chi connectivity index (χ3v) is 4.44. The second-order valence-electron chi connectivity index (χ2n) is 6.00. The average molecular weight is 368 g/mol. The fraction of sp³-hybridized carbons (Fsp3) is 0.250. The van der Waals surface area contributed by atoms with Gasteiger partial charge in [-0.2, -0.15) is 0 Å². The lowest BCUT2D eigenvalue weighted by Crippen LogP contribution is -2.32. The molecule has 7 heteroatoms. The first-order chi connectivity index (χ1) is 13.1. The smallest absolute Gasteiger partial charge is 0.295 e. The Morgan fingerprint density at radius 3 is 2.59 bits per heavy atom. The molecule has 1 fully saturated rings. The number of amides is 1. The topological polar surface area (TPSA) is 89.0 Å². The van der Waals surface area contributed by atoms with Crippen molar-refractivity contribution in [2.75, 3.05) is 27.4 Å². The highest BCUT2D eigenvalue weighted by atomic mass is 16.5. The highest BCUT2D eigenvalue weighted by Crippen LogP contribution is 2.39. The molecule has 0 bridgehead atoms. The molecule has 0 saturated carbocycles. The molecule has 7 nitrogen and oxygen atoms in total. The van der Waals surface area contributed by atoms with E-state index in [0.29, 0.717) is 16.9 Å². The summed E-state index contributed by atoms with van der Waals surface area (Å²) in [6.07, 6.45) is 3.16. The summed E-state index contributed by atoms with van der Waals surface area (Å²) in [5.74, 6) is -1.10. The summed E-state index contributed by atoms with van der Waals surface area (Å²) in [7, 11) is 3.04. The molecule has 1 aliphatic heterocycles. The number of pyridine rings is 1. The number of methoxy groups -OCH3 is 2. The Morgan fingerprint density at radius 1 is 1.19 bits per heavy atom. The molecule has 0 aliphatic carbocycles. The molecule has 0 spiro atoms. The zero-order valence-electron chi connectivity index (χ0n) is 15.1. The summed E-state index contributed by atoms with van der Waals surface area (Å²) in [4.78, 5) is 30.7. The maximum absolute atomic E-state index is 12.7. The molecule has 1 aliphatic rings. The van der Waals surface area contributed by atoms with E-state index in [0.717, 1.165) is 0 Å². The first-order valence-corrected chi connectivity index (χ1v) is 8.40. The van der Waals surface area contributed by atoms with Crippen molar-refractivity contribution in [1.82, 2.24) is 9.88 Å². The van der Waals surface area contributed by atoms with Crippen molar-refractivity contribution in [3.8, 4) is 5.75 Å². The molecule has 140 valence electrons. The van der Waals surface area contributed by atoms with Gasteiger partial charge in [0.1, 0.15) is 11.5 Å². The standard InChI is InChI=1S/C20H20N2O5/c1-26-11-10-22-17(13-6-8-21-9-7-13)16(19(24)20(22)25)18(23)14-4-3-5-15(12-14)27-2/h3-9,12,17,23H,10-11H2,1-2H3/t17-/m1/s1. The fourth-order valence-corrected chi connectivity index (χ4v) is 3.12. The van der Waals surface area contributed by atoms with Crippen LogP contribution < -0.4 is 4.74 Å². The van der Waals surface area contributed by atoms with Crippen molar-refractivity contribution in [3.63, 3.8) is 0 Å². The predicted molar refractivity (Wildman–Crippen MR) is 98.1 cm³/mol. The number of Topliss-reactive ketones (excluding diaryl/α,β-unsaturated/α-hetero) is 1. The van der Waals surface area contributed by atoms with Gasteiger partial charge < -0.3 is 19.5 Å². The summed E-state index contributed by atoms with van der Waals surface area (Å²) in [6, 6.07) is 9.43. The second-order valence-corrected chi connectivity index (χ2v) is 6.00. The van der Waals surface area contributed by atoms with Gasteiger partial charge in [0, 0.05) is 31.6 Å². The SMILES string of the molecule is COCCN1C(=O)C(=O)C(=C(O)c2cccc(OC)c2)[C@H]1c1ccncc1. The number of aliphatic hydroxyl groups is 1. The zero-order valence-corrected chi connectivity index (χ0v) is 15.1. The Hall–Kier alpha value is -3.19. The minimum atomic E-state index is -0.728. The van der Waals surface area contributed by atoms with Gasteiger partial charge in [0.25, 0.3) is 11.7 Å². The number of carbonyl (C=O) groups excluding carboxylic acids is 2. The van der Waals surface area contributed by atoms with Crippen LogP contribution in [-0.4, -0.2) is 54.1 Å². The predicted octanol–water partition coefficient (Wildman–Crippen LogP) is 2.16. The lowest BCUT2D eigenvalue weighted by molar-refractivity contribution is -0.140. The largest absolute Gasteiger partial charge is 0.507 e. The summed E-state index contributed by atoms with van der Waals surface area (Å²) >= 11 is 0. The molecule has 0 unspecified atom stereocenters. The number of likely N-dealkylation sites (tertiary alicyclic amines) is 1. The van der Waals surface area contributed by atoms with Crippen molar-refractivity contribution in [2.24, 2.45) is 0 Å². The average Bonchev–Trinajstić information content (AvgIpc) is 2.97. The summed E-state index contributed by atoms with van der Waals surface area (Å²) in [5.41, 5.74) is 1.12. The molecule has 1 saturated heterocycles. The van der Waals surface area contributed by atoms with Crippen LogP contribution in [0.1, 0.15) is 17.2 Å². The maximum Gasteiger partial charge on any atom is 0.295 e. The first kappa shape index (κ1) is 18.6. The molecule has 1 aromatic carbocycles. The first-order valence-electron chi connectivity index (χ1n) is 8.40. The Labute approximate surface area is 156 Å². The zero-order chi connectivity index (χ0) is 19.4. The van der Waals surface area contributed by atoms with E-state index in [4.69, 9.17) is 9.47 Å². The number of rotatable bonds is 6. The van der Waals surface area contributed by atoms with Crippen LogP contribution in [-0.2, 0) is 14.3 Å². The van der Waals surface area contributed by atoms with Gasteiger partial charge in [-0.3, -0.25) is 14.6 Å². The lowest BCUT2D eigenvalue weighted by atomic mass is 9.96. The van der Waals surface area contributed by atoms with Crippen molar-refractivity contribution in [2.45, 2.75) is 6.04 Å². The molecule has 1 aromatic heterocycles. The monoisotopic (exact) mass is 368 g/mol. The van der Waals surface area contributed by atoms with E-state index in [9.17, 15) is 14.7 Å². The van der Waals surface area contributed by atoms with Crippen LogP contribution in [0.4, 0.5) is 0 Å². The number of benzene rings is 1. The number of carbonyl (C=O) groups is 2. The van der Waals surface area contributed by atoms with Crippen LogP contribution in [0.25, 0.3) is 5.76 Å². The lowest BCUT2D eigenvalue weighted by Gasteiger charge is -2.24. The van der Waals surface area contributed by atoms with Crippen LogP contribution in [0, 0.1) is 0 Å². The Bertz CT molecular complexity index is 879. The molecular formula is C20H20N2O5. The molecule has 3 rings (SSSR count). The van der Waals surface area contributed by atoms with Crippen LogP contribution in [0.5, 0.6) is 5.75 Å². The fourth-order valence-electron chi connectivity index (χ4n) is 3.12. The normalized spacial score (nSPS) is 18.7. The Morgan fingerprint density at radius 2 is 1.93 bits per heavy atom. The van der Waals surface area contributed by atoms with Crippen LogP contribution in [0.3, 0.4) is 0 Å². The number of aliphatic hydroxyl groups excluding tert-OH is 1. The molecule has 1 N–H and O–H groups in total. The minimum absolute atomic E-state index is 0.0376. The number of nitrogens with zero attached hydrogens (tertiary/aromatic N) is 2. The number of hydrogen-bond donors (Lipinski definition) is 1. The van der Waals surface area contributed by atoms with Gasteiger partial charge in [-0.05, 0) is 29.8 Å². The van der Waals surface area contributed by atoms with Gasteiger partial charge in [0.05, 0.1) is 25.3 Å². The van der Waals surface area contributed by atoms with Gasteiger partial charge in [-0.15, -0.1) is 0 Å². The van der Waals surface area contributed by atoms with E-state index >= 15 is 0 Å². The van der Waals surface area contributed by atoms with Gasteiger partial charge in [-0.1, -0.05) is 12.1 Å². The summed E-state index contributed by atoms with van der Waals surface area (Å²) in [5, 5.41) is 10.9. The van der Waals surface area contributed by atoms with Gasteiger partial charge >= 0.3 is 0 Å². The minimum Gasteiger partial charge on any atom is -0.507 e. The van der Waals surface area contributed by atoms with Crippen molar-refractivity contribution in [1.29, 1.82) is 0 Å². The molecule has 1 amide bonds. The molecule has 1 atom stereocenters. The summed E-state index contributed by atoms with van der Waals surface area (Å²) < 4.78 is 10.3. The molecular weight excluding hydrogens is 348 g/mol. The van der Waals surface area contributed by atoms with Crippen LogP contribution in [0.15, 0.2) is 54.4 Å². The molecule has 2 aromatic rings. The van der Waals surface area contributed by atoms with E-state index in [1.165, 1.54) is 19.1 Å². The van der Waals surface area contributed by atoms with E-state index in [-0.39, 0.29) is 24.5 Å². The molecule has 0 radical (unpaired) electrons. The quantitative estimate of drug-likeness (QED) is 0.477. The second kappa shape index (κ2) is 8.01. The van der Waals surface area contributed by atoms with Gasteiger partial charge in [-0.25, -0.2) is 0 Å².